The van der Waals surface area contributed by atoms with Crippen molar-refractivity contribution < 1.29 is 0 Å². The van der Waals surface area contributed by atoms with Crippen LogP contribution in [0.3, 0.4) is 0 Å². The quantitative estimate of drug-likeness (QED) is 0.159. The number of nitriles is 3. The van der Waals surface area contributed by atoms with Gasteiger partial charge in [-0.3, -0.25) is 0 Å². The summed E-state index contributed by atoms with van der Waals surface area (Å²) in [6.45, 7) is 0. The molecule has 0 aliphatic heterocycles. The number of nitrogens with zero attached hydrogens (tertiary/aromatic N) is 9. The molecule has 0 saturated heterocycles. The number of para-hydroxylation sites is 8. The van der Waals surface area contributed by atoms with Crippen LogP contribution in [0.25, 0.3) is 176 Å². The van der Waals surface area contributed by atoms with Crippen LogP contribution in [-0.4, -0.2) is 27.4 Å². The number of benzene rings is 14. The fourth-order valence-corrected chi connectivity index (χ4v) is 16.1. The van der Waals surface area contributed by atoms with Gasteiger partial charge in [0.2, 0.25) is 0 Å². The zero-order valence-electron chi connectivity index (χ0n) is 51.3. The number of hydrogen-bond donors (Lipinski definition) is 0. The molecule has 14 aromatic carbocycles. The molecular formula is C87H49N9. The lowest BCUT2D eigenvalue weighted by Crippen LogP contribution is -2.06. The van der Waals surface area contributed by atoms with Crippen LogP contribution in [0.2, 0.25) is 0 Å². The van der Waals surface area contributed by atoms with Crippen LogP contribution >= 0.6 is 0 Å². The van der Waals surface area contributed by atoms with E-state index in [0.717, 1.165) is 154 Å². The number of hydrogen-bond acceptors (Lipinski definition) is 3. The predicted molar refractivity (Wildman–Crippen MR) is 392 cm³/mol. The Balaban J connectivity index is 0.963. The Morgan fingerprint density at radius 3 is 0.625 bits per heavy atom. The van der Waals surface area contributed by atoms with Crippen LogP contribution in [0.15, 0.2) is 297 Å². The molecule has 9 nitrogen and oxygen atoms in total. The second-order valence-corrected chi connectivity index (χ2v) is 25.0. The number of fused-ring (bicyclic) bond motifs is 18. The molecule has 20 rings (SSSR count). The molecule has 0 N–H and O–H groups in total. The maximum Gasteiger partial charge on any atom is 0.0993 e. The molecule has 442 valence electrons. The van der Waals surface area contributed by atoms with Crippen molar-refractivity contribution in [3.05, 3.63) is 314 Å². The molecule has 0 radical (unpaired) electrons. The largest absolute Gasteiger partial charge is 0.309 e. The van der Waals surface area contributed by atoms with Crippen LogP contribution in [0.1, 0.15) is 16.7 Å². The highest BCUT2D eigenvalue weighted by Crippen LogP contribution is 2.47. The summed E-state index contributed by atoms with van der Waals surface area (Å²) in [4.78, 5) is 0. The maximum absolute atomic E-state index is 11.9. The Morgan fingerprint density at radius 2 is 0.396 bits per heavy atom. The molecule has 0 saturated carbocycles. The minimum Gasteiger partial charge on any atom is -0.309 e. The van der Waals surface area contributed by atoms with Gasteiger partial charge in [-0.05, 0) is 133 Å². The van der Waals surface area contributed by atoms with E-state index in [1.54, 1.807) is 6.07 Å². The van der Waals surface area contributed by atoms with Gasteiger partial charge < -0.3 is 27.4 Å². The second kappa shape index (κ2) is 20.2. The standard InChI is InChI=1S/C87H49N9/c88-50-53-41-54(51-89)43-56(42-53)87-85(95-81-46-57(91-73-25-9-1-17-61(73)62-18-2-10-26-74(62)91)33-37-69(81)70-38-34-58(47-82(70)95)92-75-27-11-3-19-63(75)64-20-4-12-28-76(64)92)44-55(52-90)45-86(87)96-83-48-59(93-77-29-13-5-21-65(77)66-22-6-14-30-78(66)93)35-39-71(83)72-40-36-60(49-84(72)96)94-79-31-15-7-23-67(79)68-24-8-16-32-80(68)94/h1-49H. The van der Waals surface area contributed by atoms with Gasteiger partial charge in [-0.1, -0.05) is 170 Å². The third kappa shape index (κ3) is 7.46. The Morgan fingerprint density at radius 1 is 0.188 bits per heavy atom. The second-order valence-electron chi connectivity index (χ2n) is 25.0. The van der Waals surface area contributed by atoms with Gasteiger partial charge in [0.1, 0.15) is 0 Å². The molecule has 96 heavy (non-hydrogen) atoms. The first-order valence-electron chi connectivity index (χ1n) is 32.2. The van der Waals surface area contributed by atoms with Crippen molar-refractivity contribution in [3.8, 4) is 63.5 Å². The zero-order valence-corrected chi connectivity index (χ0v) is 51.3. The Labute approximate surface area is 548 Å². The summed E-state index contributed by atoms with van der Waals surface area (Å²) >= 11 is 0. The molecule has 0 aliphatic rings. The van der Waals surface area contributed by atoms with Crippen LogP contribution in [-0.2, 0) is 0 Å². The molecule has 0 spiro atoms. The van der Waals surface area contributed by atoms with Gasteiger partial charge >= 0.3 is 0 Å². The van der Waals surface area contributed by atoms with Gasteiger partial charge in [-0.2, -0.15) is 15.8 Å². The Hall–Kier alpha value is -13.7. The summed E-state index contributed by atoms with van der Waals surface area (Å²) in [5.74, 6) is 0. The summed E-state index contributed by atoms with van der Waals surface area (Å²) in [6, 6.07) is 113. The van der Waals surface area contributed by atoms with Gasteiger partial charge in [-0.25, -0.2) is 0 Å². The van der Waals surface area contributed by atoms with Gasteiger partial charge in [0.25, 0.3) is 0 Å². The molecule has 0 fully saturated rings. The van der Waals surface area contributed by atoms with E-state index < -0.39 is 0 Å². The van der Waals surface area contributed by atoms with Crippen LogP contribution in [0.5, 0.6) is 0 Å². The molecule has 0 atom stereocenters. The summed E-state index contributed by atoms with van der Waals surface area (Å²) in [6.07, 6.45) is 0. The topological polar surface area (TPSA) is 101 Å². The van der Waals surface area contributed by atoms with E-state index in [1.807, 2.05) is 24.3 Å². The van der Waals surface area contributed by atoms with Gasteiger partial charge in [0, 0.05) is 92.9 Å². The van der Waals surface area contributed by atoms with E-state index in [9.17, 15) is 15.8 Å². The zero-order chi connectivity index (χ0) is 63.4. The number of aromatic nitrogens is 6. The minimum atomic E-state index is 0.333. The molecule has 0 unspecified atom stereocenters. The number of rotatable bonds is 7. The van der Waals surface area contributed by atoms with Crippen molar-refractivity contribution in [1.82, 2.24) is 27.4 Å². The smallest absolute Gasteiger partial charge is 0.0993 e. The van der Waals surface area contributed by atoms with E-state index in [-0.39, 0.29) is 0 Å². The van der Waals surface area contributed by atoms with Crippen molar-refractivity contribution >= 4 is 131 Å². The average molecular weight is 1220 g/mol. The summed E-state index contributed by atoms with van der Waals surface area (Å²) in [5, 5.41) is 47.2. The monoisotopic (exact) mass is 1220 g/mol. The predicted octanol–water partition coefficient (Wildman–Crippen LogP) is 21.6. The third-order valence-electron chi connectivity index (χ3n) is 20.0. The fourth-order valence-electron chi connectivity index (χ4n) is 16.1. The Bertz CT molecular complexity index is 5990. The summed E-state index contributed by atoms with van der Waals surface area (Å²) in [7, 11) is 0. The molecule has 0 bridgehead atoms. The fraction of sp³-hybridized carbons (Fsp3) is 0. The normalized spacial score (nSPS) is 11.9. The molecule has 0 aliphatic carbocycles. The highest BCUT2D eigenvalue weighted by Gasteiger charge is 2.27. The highest BCUT2D eigenvalue weighted by atomic mass is 15.1. The first kappa shape index (κ1) is 53.1. The van der Waals surface area contributed by atoms with Gasteiger partial charge in [-0.15, -0.1) is 0 Å². The van der Waals surface area contributed by atoms with E-state index in [1.165, 1.54) is 0 Å². The SMILES string of the molecule is N#Cc1cc(C#N)cc(-c2c(-n3c4cc(-n5c6ccccc6c6ccccc65)ccc4c4ccc(-n5c6ccccc6c6ccccc65)cc43)cc(C#N)cc2-n2c3cc(-n4c5ccccc5c5ccccc54)ccc3c3ccc(-n4c5ccccc5c5ccccc54)cc32)c1. The maximum atomic E-state index is 11.9. The lowest BCUT2D eigenvalue weighted by molar-refractivity contribution is 1.11. The molecule has 0 amide bonds. The molecule has 6 aromatic heterocycles. The van der Waals surface area contributed by atoms with E-state index >= 15 is 0 Å². The minimum absolute atomic E-state index is 0.333. The van der Waals surface area contributed by atoms with Crippen LogP contribution in [0, 0.1) is 34.0 Å². The first-order chi connectivity index (χ1) is 47.5. The molecule has 9 heteroatoms. The molecular weight excluding hydrogens is 1170 g/mol. The lowest BCUT2D eigenvalue weighted by Gasteiger charge is -2.22. The van der Waals surface area contributed by atoms with Crippen molar-refractivity contribution in [2.24, 2.45) is 0 Å². The van der Waals surface area contributed by atoms with Crippen LogP contribution < -0.4 is 0 Å². The van der Waals surface area contributed by atoms with Crippen molar-refractivity contribution in [1.29, 1.82) is 15.8 Å². The van der Waals surface area contributed by atoms with E-state index in [2.05, 4.69) is 313 Å². The van der Waals surface area contributed by atoms with E-state index in [0.29, 0.717) is 39.2 Å². The van der Waals surface area contributed by atoms with Crippen molar-refractivity contribution in [3.63, 3.8) is 0 Å². The van der Waals surface area contributed by atoms with Gasteiger partial charge in [0.05, 0.1) is 112 Å². The van der Waals surface area contributed by atoms with Crippen LogP contribution in [0.4, 0.5) is 0 Å². The summed E-state index contributed by atoms with van der Waals surface area (Å²) < 4.78 is 14.1. The van der Waals surface area contributed by atoms with Gasteiger partial charge in [0.15, 0.2) is 0 Å². The average Bonchev–Trinajstić information content (AvgIpc) is 1.54. The first-order valence-corrected chi connectivity index (χ1v) is 32.2. The molecule has 6 heterocycles. The van der Waals surface area contributed by atoms with E-state index in [4.69, 9.17) is 0 Å². The van der Waals surface area contributed by atoms with Crippen molar-refractivity contribution in [2.45, 2.75) is 0 Å². The Kier molecular flexibility index (Phi) is 11.1. The lowest BCUT2D eigenvalue weighted by atomic mass is 9.95. The third-order valence-corrected chi connectivity index (χ3v) is 20.0. The summed E-state index contributed by atoms with van der Waals surface area (Å²) in [5.41, 5.74) is 19.8. The highest BCUT2D eigenvalue weighted by molar-refractivity contribution is 6.17. The van der Waals surface area contributed by atoms with Crippen molar-refractivity contribution in [2.75, 3.05) is 0 Å². The molecule has 20 aromatic rings.